The summed E-state index contributed by atoms with van der Waals surface area (Å²) in [6.07, 6.45) is 4.07. The summed E-state index contributed by atoms with van der Waals surface area (Å²) in [6.45, 7) is 7.36. The average Bonchev–Trinajstić information content (AvgIpc) is 3.40. The second-order valence-electron chi connectivity index (χ2n) is 13.2. The van der Waals surface area contributed by atoms with Crippen LogP contribution in [0.5, 0.6) is 0 Å². The third-order valence-corrected chi connectivity index (χ3v) is 8.32. The summed E-state index contributed by atoms with van der Waals surface area (Å²) in [4.78, 5) is 17.2. The molecule has 0 radical (unpaired) electrons. The Hall–Kier alpha value is -5.10. The van der Waals surface area contributed by atoms with Gasteiger partial charge in [-0.15, -0.1) is 0 Å². The molecule has 0 amide bonds. The molecule has 6 aromatic rings. The topological polar surface area (TPSA) is 80.9 Å². The predicted molar refractivity (Wildman–Crippen MR) is 184 cm³/mol. The van der Waals surface area contributed by atoms with Gasteiger partial charge in [-0.05, 0) is 65.0 Å². The molecule has 0 unspecified atom stereocenters. The zero-order valence-electron chi connectivity index (χ0n) is 26.8. The molecular weight excluding hydrogens is 568 g/mol. The van der Waals surface area contributed by atoms with Crippen LogP contribution in [0.25, 0.3) is 22.2 Å². The maximum absolute atomic E-state index is 11.9. The molecule has 0 aliphatic carbocycles. The third-order valence-electron chi connectivity index (χ3n) is 8.32. The summed E-state index contributed by atoms with van der Waals surface area (Å²) >= 11 is 0. The first kappa shape index (κ1) is 30.9. The van der Waals surface area contributed by atoms with Crippen molar-refractivity contribution >= 4 is 17.0 Å². The molecule has 0 saturated carbocycles. The molecule has 6 heteroatoms. The van der Waals surface area contributed by atoms with Gasteiger partial charge < -0.3 is 9.67 Å². The van der Waals surface area contributed by atoms with Gasteiger partial charge in [0.2, 0.25) is 0 Å². The molecule has 0 saturated heterocycles. The van der Waals surface area contributed by atoms with E-state index < -0.39 is 5.97 Å². The molecule has 2 aromatic heterocycles. The van der Waals surface area contributed by atoms with Gasteiger partial charge >= 0.3 is 5.97 Å². The molecule has 0 fully saturated rings. The van der Waals surface area contributed by atoms with Gasteiger partial charge in [-0.3, -0.25) is 0 Å². The highest BCUT2D eigenvalue weighted by molar-refractivity contribution is 5.96. The Kier molecular flexibility index (Phi) is 9.06. The highest BCUT2D eigenvalue weighted by Crippen LogP contribution is 2.30. The number of carboxylic acids is 1. The molecule has 1 N–H and O–H groups in total. The van der Waals surface area contributed by atoms with Gasteiger partial charge in [0, 0.05) is 13.0 Å². The number of aryl methyl sites for hydroxylation is 4. The van der Waals surface area contributed by atoms with Gasteiger partial charge in [0.15, 0.2) is 0 Å². The first-order valence-corrected chi connectivity index (χ1v) is 16.0. The number of rotatable bonds is 11. The van der Waals surface area contributed by atoms with E-state index in [4.69, 9.17) is 15.2 Å². The molecule has 6 nitrogen and oxygen atoms in total. The Bertz CT molecular complexity index is 1940. The van der Waals surface area contributed by atoms with Crippen LogP contribution in [0.4, 0.5) is 0 Å². The minimum Gasteiger partial charge on any atom is -0.478 e. The van der Waals surface area contributed by atoms with E-state index in [-0.39, 0.29) is 5.41 Å². The Morgan fingerprint density at radius 2 is 1.24 bits per heavy atom. The standard InChI is InChI=1S/C40H40N4O2/c1-40(2,3)26-36-41-37-34(24-20-28-12-6-4-7-13-28)42-43-35(25-21-29-14-8-5-9-15-29)38(37)44(36)27-30-18-22-31(23-19-30)32-16-10-11-17-33(32)39(45)46/h4-19,22-23H,20-21,24-27H2,1-3H3,(H,45,46). The van der Waals surface area contributed by atoms with Crippen molar-refractivity contribution in [2.45, 2.75) is 59.4 Å². The van der Waals surface area contributed by atoms with Gasteiger partial charge in [0.05, 0.1) is 22.5 Å². The summed E-state index contributed by atoms with van der Waals surface area (Å²) in [5.74, 6) is 0.100. The van der Waals surface area contributed by atoms with Crippen LogP contribution in [-0.4, -0.2) is 30.8 Å². The van der Waals surface area contributed by atoms with E-state index >= 15 is 0 Å². The summed E-state index contributed by atoms with van der Waals surface area (Å²) in [6, 6.07) is 36.4. The lowest BCUT2D eigenvalue weighted by Gasteiger charge is -2.19. The fourth-order valence-electron chi connectivity index (χ4n) is 6.03. The van der Waals surface area contributed by atoms with Gasteiger partial charge in [-0.2, -0.15) is 10.2 Å². The average molecular weight is 609 g/mol. The van der Waals surface area contributed by atoms with Crippen molar-refractivity contribution in [1.82, 2.24) is 19.7 Å². The maximum atomic E-state index is 11.9. The van der Waals surface area contributed by atoms with Crippen LogP contribution >= 0.6 is 0 Å². The lowest BCUT2D eigenvalue weighted by Crippen LogP contribution is -2.15. The Labute approximate surface area is 270 Å². The third kappa shape index (κ3) is 7.23. The van der Waals surface area contributed by atoms with Gasteiger partial charge in [0.25, 0.3) is 0 Å². The number of carboxylic acid groups (broad SMARTS) is 1. The summed E-state index contributed by atoms with van der Waals surface area (Å²) in [5.41, 5.74) is 9.46. The molecule has 0 aliphatic rings. The summed E-state index contributed by atoms with van der Waals surface area (Å²) in [5, 5.41) is 19.4. The van der Waals surface area contributed by atoms with Crippen LogP contribution in [-0.2, 0) is 38.6 Å². The van der Waals surface area contributed by atoms with Crippen molar-refractivity contribution in [3.8, 4) is 11.1 Å². The number of nitrogens with zero attached hydrogens (tertiary/aromatic N) is 4. The first-order valence-electron chi connectivity index (χ1n) is 16.0. The van der Waals surface area contributed by atoms with Gasteiger partial charge in [0.1, 0.15) is 11.3 Å². The normalized spacial score (nSPS) is 11.6. The lowest BCUT2D eigenvalue weighted by molar-refractivity contribution is 0.0697. The molecule has 0 bridgehead atoms. The maximum Gasteiger partial charge on any atom is 0.336 e. The minimum absolute atomic E-state index is 0.0266. The number of aromatic nitrogens is 4. The van der Waals surface area contributed by atoms with Crippen molar-refractivity contribution in [2.24, 2.45) is 5.41 Å². The van der Waals surface area contributed by atoms with E-state index in [1.54, 1.807) is 12.1 Å². The predicted octanol–water partition coefficient (Wildman–Crippen LogP) is 8.40. The van der Waals surface area contributed by atoms with Gasteiger partial charge in [-0.1, -0.05) is 124 Å². The largest absolute Gasteiger partial charge is 0.478 e. The number of aromatic carboxylic acids is 1. The van der Waals surface area contributed by atoms with E-state index in [0.29, 0.717) is 17.7 Å². The van der Waals surface area contributed by atoms with E-state index in [0.717, 1.165) is 71.5 Å². The quantitative estimate of drug-likeness (QED) is 0.160. The second-order valence-corrected chi connectivity index (χ2v) is 13.2. The van der Waals surface area contributed by atoms with Crippen molar-refractivity contribution < 1.29 is 9.90 Å². The molecule has 2 heterocycles. The number of fused-ring (bicyclic) bond motifs is 1. The zero-order valence-corrected chi connectivity index (χ0v) is 26.8. The van der Waals surface area contributed by atoms with Crippen molar-refractivity contribution in [3.63, 3.8) is 0 Å². The number of hydrogen-bond donors (Lipinski definition) is 1. The molecule has 0 aliphatic heterocycles. The van der Waals surface area contributed by atoms with Crippen molar-refractivity contribution in [2.75, 3.05) is 0 Å². The van der Waals surface area contributed by atoms with Crippen LogP contribution in [0.3, 0.4) is 0 Å². The van der Waals surface area contributed by atoms with Crippen LogP contribution in [0.1, 0.15) is 65.0 Å². The minimum atomic E-state index is -0.927. The number of imidazole rings is 1. The summed E-state index contributed by atoms with van der Waals surface area (Å²) < 4.78 is 2.35. The molecule has 0 atom stereocenters. The lowest BCUT2D eigenvalue weighted by atomic mass is 9.92. The van der Waals surface area contributed by atoms with Crippen molar-refractivity contribution in [3.05, 3.63) is 149 Å². The Morgan fingerprint density at radius 1 is 0.674 bits per heavy atom. The van der Waals surface area contributed by atoms with E-state index in [9.17, 15) is 9.90 Å². The van der Waals surface area contributed by atoms with Crippen LogP contribution in [0.15, 0.2) is 109 Å². The second kappa shape index (κ2) is 13.5. The molecule has 0 spiro atoms. The Morgan fingerprint density at radius 3 is 1.85 bits per heavy atom. The van der Waals surface area contributed by atoms with Gasteiger partial charge in [-0.25, -0.2) is 9.78 Å². The van der Waals surface area contributed by atoms with E-state index in [2.05, 4.69) is 86.0 Å². The number of benzene rings is 4. The summed E-state index contributed by atoms with van der Waals surface area (Å²) in [7, 11) is 0. The van der Waals surface area contributed by atoms with Crippen LogP contribution in [0.2, 0.25) is 0 Å². The highest BCUT2D eigenvalue weighted by atomic mass is 16.4. The number of hydrogen-bond acceptors (Lipinski definition) is 4. The molecule has 6 rings (SSSR count). The molecular formula is C40H40N4O2. The fraction of sp³-hybridized carbons (Fsp3) is 0.250. The zero-order chi connectivity index (χ0) is 32.1. The number of carbonyl (C=O) groups is 1. The SMILES string of the molecule is CC(C)(C)Cc1nc2c(CCc3ccccc3)nnc(CCc3ccccc3)c2n1Cc1ccc(-c2ccccc2C(=O)O)cc1. The van der Waals surface area contributed by atoms with Crippen LogP contribution < -0.4 is 0 Å². The van der Waals surface area contributed by atoms with E-state index in [1.807, 2.05) is 36.4 Å². The molecule has 46 heavy (non-hydrogen) atoms. The smallest absolute Gasteiger partial charge is 0.336 e. The fourth-order valence-corrected chi connectivity index (χ4v) is 6.03. The Balaban J connectivity index is 1.41. The first-order chi connectivity index (χ1) is 22.2. The highest BCUT2D eigenvalue weighted by Gasteiger charge is 2.23. The van der Waals surface area contributed by atoms with E-state index in [1.165, 1.54) is 11.1 Å². The molecule has 232 valence electrons. The van der Waals surface area contributed by atoms with Crippen LogP contribution in [0, 0.1) is 5.41 Å². The monoisotopic (exact) mass is 608 g/mol. The van der Waals surface area contributed by atoms with Crippen molar-refractivity contribution in [1.29, 1.82) is 0 Å². The molecule has 4 aromatic carbocycles.